The second-order valence-electron chi connectivity index (χ2n) is 3.45. The lowest BCUT2D eigenvalue weighted by Gasteiger charge is -1.99. The van der Waals surface area contributed by atoms with Crippen LogP contribution in [0.2, 0.25) is 0 Å². The van der Waals surface area contributed by atoms with Gasteiger partial charge >= 0.3 is 11.3 Å². The predicted octanol–water partition coefficient (Wildman–Crippen LogP) is 1.05. The Labute approximate surface area is 125 Å². The fourth-order valence-corrected chi connectivity index (χ4v) is 0. The minimum Gasteiger partial charge on any atom is -0.255 e. The number of hydrogen-bond acceptors (Lipinski definition) is 6. The summed E-state index contributed by atoms with van der Waals surface area (Å²) in [6.45, 7) is 0. The first-order valence-corrected chi connectivity index (χ1v) is 10.6. The minimum atomic E-state index is -5.09. The van der Waals surface area contributed by atoms with E-state index in [1.807, 2.05) is 0 Å². The molecular weight excluding hydrogens is 390 g/mol. The van der Waals surface area contributed by atoms with Gasteiger partial charge in [0, 0.05) is 25.0 Å². The van der Waals surface area contributed by atoms with Crippen molar-refractivity contribution in [2.75, 3.05) is 32.2 Å². The molecule has 0 saturated carbocycles. The van der Waals surface area contributed by atoms with Crippen molar-refractivity contribution in [3.63, 3.8) is 0 Å². The molecule has 0 saturated heterocycles. The van der Waals surface area contributed by atoms with Gasteiger partial charge < -0.3 is 0 Å². The number of rotatable bonds is 1. The highest BCUT2D eigenvalue weighted by atomic mass is 32.2. The van der Waals surface area contributed by atoms with Gasteiger partial charge in [-0.3, -0.25) is 4.39 Å². The molecule has 0 aliphatic heterocycles. The number of halogens is 6. The molecule has 0 heterocycles. The Bertz CT molecular complexity index is 567. The highest BCUT2D eigenvalue weighted by molar-refractivity contribution is 7.91. The molecule has 0 atom stereocenters. The van der Waals surface area contributed by atoms with Gasteiger partial charge in [-0.25, -0.2) is 25.3 Å². The summed E-state index contributed by atoms with van der Waals surface area (Å²) in [7, 11) is -11.1. The first-order valence-electron chi connectivity index (χ1n) is 4.45. The van der Waals surface area contributed by atoms with Gasteiger partial charge in [-0.15, -0.1) is 0 Å². The molecule has 0 aliphatic rings. The van der Waals surface area contributed by atoms with Crippen LogP contribution in [0.3, 0.4) is 0 Å². The lowest BCUT2D eigenvalue weighted by Crippen LogP contribution is -2.20. The van der Waals surface area contributed by atoms with Gasteiger partial charge in [-0.05, 0) is 0 Å². The van der Waals surface area contributed by atoms with Crippen LogP contribution in [0, 0.1) is 0 Å². The Morgan fingerprint density at radius 3 is 0.818 bits per heavy atom. The molecule has 0 aromatic carbocycles. The zero-order chi connectivity index (χ0) is 19.6. The van der Waals surface area contributed by atoms with Gasteiger partial charge in [0.05, 0.1) is 7.18 Å². The van der Waals surface area contributed by atoms with Crippen molar-refractivity contribution in [3.8, 4) is 0 Å². The molecule has 6 nitrogen and oxygen atoms in total. The van der Waals surface area contributed by atoms with E-state index >= 15 is 0 Å². The molecular formula is C7H16F6O6S3. The molecule has 0 spiro atoms. The van der Waals surface area contributed by atoms with Crippen molar-refractivity contribution in [1.82, 2.24) is 0 Å². The molecule has 0 amide bonds. The Morgan fingerprint density at radius 1 is 0.727 bits per heavy atom. The lowest BCUT2D eigenvalue weighted by atomic mass is 11.6. The highest BCUT2D eigenvalue weighted by Crippen LogP contribution is 2.20. The van der Waals surface area contributed by atoms with E-state index in [9.17, 15) is 51.6 Å². The van der Waals surface area contributed by atoms with Gasteiger partial charge in [0.25, 0.3) is 0 Å². The second-order valence-corrected chi connectivity index (χ2v) is 9.76. The normalized spacial score (nSPS) is 12.0. The SMILES string of the molecule is CF.CS(=O)(=O)C(F)(F)F.CS(=O)(=O)C(F)F.CS(C)(=O)=O. The Morgan fingerprint density at radius 2 is 0.818 bits per heavy atom. The molecule has 15 heteroatoms. The number of sulfone groups is 3. The van der Waals surface area contributed by atoms with Gasteiger partial charge in [0.1, 0.15) is 9.84 Å². The largest absolute Gasteiger partial charge is 0.497 e. The van der Waals surface area contributed by atoms with Crippen molar-refractivity contribution >= 4 is 29.5 Å². The monoisotopic (exact) mass is 406 g/mol. The maximum absolute atomic E-state index is 11.0. The van der Waals surface area contributed by atoms with Crippen LogP contribution in [0.4, 0.5) is 26.3 Å². The molecule has 0 rings (SSSR count). The maximum Gasteiger partial charge on any atom is 0.497 e. The quantitative estimate of drug-likeness (QED) is 0.603. The van der Waals surface area contributed by atoms with Crippen molar-refractivity contribution in [2.24, 2.45) is 0 Å². The van der Waals surface area contributed by atoms with Crippen LogP contribution >= 0.6 is 0 Å². The van der Waals surface area contributed by atoms with Crippen molar-refractivity contribution < 1.29 is 51.6 Å². The van der Waals surface area contributed by atoms with Gasteiger partial charge in [-0.1, -0.05) is 0 Å². The molecule has 0 aliphatic carbocycles. The minimum absolute atomic E-state index is 0.118. The molecule has 0 bridgehead atoms. The summed E-state index contributed by atoms with van der Waals surface area (Å²) in [5, 5.41) is 0. The Balaban J connectivity index is -0.000000107. The third kappa shape index (κ3) is 31.7. The standard InChI is InChI=1S/C2H3F3O2S.C2H4F2O2S.C2H6O2S.CH3F/c1-8(6,7)2(3,4)5;1-7(5,6)2(3)4;1-5(2,3)4;1-2/h1H3;2H,1H3;1-2H3;1H3. The molecule has 0 N–H and O–H groups in total. The van der Waals surface area contributed by atoms with E-state index in [-0.39, 0.29) is 6.26 Å². The van der Waals surface area contributed by atoms with E-state index in [0.717, 1.165) is 12.5 Å². The summed E-state index contributed by atoms with van der Waals surface area (Å²) in [5.74, 6) is -3.23. The molecule has 0 radical (unpaired) electrons. The van der Waals surface area contributed by atoms with Crippen molar-refractivity contribution in [2.45, 2.75) is 11.3 Å². The number of hydrogen-bond donors (Lipinski definition) is 0. The zero-order valence-corrected chi connectivity index (χ0v) is 14.5. The zero-order valence-electron chi connectivity index (χ0n) is 12.0. The van der Waals surface area contributed by atoms with Crippen LogP contribution in [0.15, 0.2) is 0 Å². The lowest BCUT2D eigenvalue weighted by molar-refractivity contribution is -0.0429. The van der Waals surface area contributed by atoms with Crippen LogP contribution in [0.25, 0.3) is 0 Å². The van der Waals surface area contributed by atoms with Crippen molar-refractivity contribution in [1.29, 1.82) is 0 Å². The van der Waals surface area contributed by atoms with E-state index in [1.54, 1.807) is 0 Å². The smallest absolute Gasteiger partial charge is 0.255 e. The average Bonchev–Trinajstić information content (AvgIpc) is 2.14. The van der Waals surface area contributed by atoms with E-state index in [0.29, 0.717) is 13.4 Å². The summed E-state index contributed by atoms with van der Waals surface area (Å²) in [5.41, 5.74) is -5.09. The van der Waals surface area contributed by atoms with Gasteiger partial charge in [0.15, 0.2) is 0 Å². The molecule has 140 valence electrons. The van der Waals surface area contributed by atoms with Gasteiger partial charge in [-0.2, -0.15) is 22.0 Å². The van der Waals surface area contributed by atoms with Crippen molar-refractivity contribution in [3.05, 3.63) is 0 Å². The van der Waals surface area contributed by atoms with Crippen LogP contribution < -0.4 is 0 Å². The van der Waals surface area contributed by atoms with E-state index in [4.69, 9.17) is 0 Å². The van der Waals surface area contributed by atoms with Crippen LogP contribution in [-0.4, -0.2) is 68.7 Å². The van der Waals surface area contributed by atoms with Crippen LogP contribution in [0.5, 0.6) is 0 Å². The Hall–Kier alpha value is -0.570. The molecule has 0 unspecified atom stereocenters. The fourth-order valence-electron chi connectivity index (χ4n) is 0. The summed E-state index contributed by atoms with van der Waals surface area (Å²) in [6, 6.07) is 0. The number of alkyl halides is 6. The van der Waals surface area contributed by atoms with E-state index < -0.39 is 40.8 Å². The fraction of sp³-hybridized carbons (Fsp3) is 1.00. The maximum atomic E-state index is 11.0. The highest BCUT2D eigenvalue weighted by Gasteiger charge is 2.41. The van der Waals surface area contributed by atoms with Crippen LogP contribution in [-0.2, 0) is 29.5 Å². The topological polar surface area (TPSA) is 102 Å². The molecule has 0 fully saturated rings. The second kappa shape index (κ2) is 11.0. The summed E-state index contributed by atoms with van der Waals surface area (Å²) < 4.78 is 122. The van der Waals surface area contributed by atoms with Crippen LogP contribution in [0.1, 0.15) is 0 Å². The van der Waals surface area contributed by atoms with Gasteiger partial charge in [0.2, 0.25) is 19.7 Å². The molecule has 22 heavy (non-hydrogen) atoms. The summed E-state index contributed by atoms with van der Waals surface area (Å²) in [4.78, 5) is 0. The first kappa shape index (κ1) is 29.4. The predicted molar refractivity (Wildman–Crippen MR) is 69.5 cm³/mol. The Kier molecular flexibility index (Phi) is 14.8. The third-order valence-corrected chi connectivity index (χ3v) is 2.23. The van der Waals surface area contributed by atoms with E-state index in [1.165, 1.54) is 0 Å². The molecule has 0 aromatic heterocycles. The van der Waals surface area contributed by atoms with E-state index in [2.05, 4.69) is 0 Å². The summed E-state index contributed by atoms with van der Waals surface area (Å²) in [6.07, 6.45) is 2.92. The third-order valence-electron chi connectivity index (χ3n) is 0.744. The summed E-state index contributed by atoms with van der Waals surface area (Å²) >= 11 is 0. The first-order chi connectivity index (χ1) is 9.19. The average molecular weight is 406 g/mol. The molecule has 0 aromatic rings.